The number of hydrogen-bond donors (Lipinski definition) is 1. The average Bonchev–Trinajstić information content (AvgIpc) is 3.69. The lowest BCUT2D eigenvalue weighted by Crippen LogP contribution is -2.48. The summed E-state index contributed by atoms with van der Waals surface area (Å²) in [4.78, 5) is 18.0. The van der Waals surface area contributed by atoms with Gasteiger partial charge in [0.25, 0.3) is 15.9 Å². The van der Waals surface area contributed by atoms with Gasteiger partial charge in [0, 0.05) is 42.5 Å². The zero-order valence-electron chi connectivity index (χ0n) is 19.4. The number of piperidine rings is 1. The molecule has 34 heavy (non-hydrogen) atoms. The molecule has 3 aliphatic rings. The van der Waals surface area contributed by atoms with Crippen LogP contribution in [0.1, 0.15) is 43.0 Å². The fraction of sp³-hybridized carbons (Fsp3) is 0.480. The Morgan fingerprint density at radius 3 is 2.26 bits per heavy atom. The van der Waals surface area contributed by atoms with Crippen LogP contribution in [0.25, 0.3) is 0 Å². The number of hydrogen-bond acceptors (Lipinski definition) is 6. The Morgan fingerprint density at radius 2 is 1.62 bits per heavy atom. The lowest BCUT2D eigenvalue weighted by Gasteiger charge is -2.38. The van der Waals surface area contributed by atoms with Gasteiger partial charge in [-0.15, -0.1) is 0 Å². The molecule has 0 aromatic heterocycles. The van der Waals surface area contributed by atoms with Crippen molar-refractivity contribution in [3.05, 3.63) is 48.0 Å². The first-order valence-corrected chi connectivity index (χ1v) is 13.5. The fourth-order valence-corrected chi connectivity index (χ4v) is 5.80. The number of ether oxygens (including phenoxy) is 2. The van der Waals surface area contributed by atoms with Gasteiger partial charge in [-0.1, -0.05) is 6.92 Å². The van der Waals surface area contributed by atoms with E-state index in [1.54, 1.807) is 30.3 Å². The van der Waals surface area contributed by atoms with Crippen molar-refractivity contribution in [2.24, 2.45) is 0 Å². The maximum Gasteiger partial charge on any atom is 0.262 e. The molecule has 0 bridgehead atoms. The standard InChI is InChI=1S/C25H31N3O5S/c1-2-27-13-11-21(12-14-27)28(20-7-8-20)25(29)18-3-5-19(6-4-18)26-34(30,31)22-9-10-23-24(17-22)33-16-15-32-23/h3-6,9-10,17,20-21,26H,2,7-8,11-16H2,1H3. The molecule has 8 nitrogen and oxygen atoms in total. The van der Waals surface area contributed by atoms with Crippen LogP contribution in [0.3, 0.4) is 0 Å². The molecule has 182 valence electrons. The molecule has 9 heteroatoms. The van der Waals surface area contributed by atoms with Crippen molar-refractivity contribution in [3.8, 4) is 11.5 Å². The SMILES string of the molecule is CCN1CCC(N(C(=O)c2ccc(NS(=O)(=O)c3ccc4c(c3)OCCO4)cc2)C2CC2)CC1. The lowest BCUT2D eigenvalue weighted by molar-refractivity contribution is 0.0554. The molecule has 1 aliphatic carbocycles. The van der Waals surface area contributed by atoms with Crippen molar-refractivity contribution in [1.29, 1.82) is 0 Å². The number of likely N-dealkylation sites (tertiary alicyclic amines) is 1. The summed E-state index contributed by atoms with van der Waals surface area (Å²) in [6.45, 7) is 6.10. The number of carbonyl (C=O) groups is 1. The monoisotopic (exact) mass is 485 g/mol. The number of rotatable bonds is 7. The van der Waals surface area contributed by atoms with E-state index in [9.17, 15) is 13.2 Å². The van der Waals surface area contributed by atoms with Crippen LogP contribution < -0.4 is 14.2 Å². The van der Waals surface area contributed by atoms with Crippen LogP contribution in [0.15, 0.2) is 47.4 Å². The minimum Gasteiger partial charge on any atom is -0.486 e. The number of carbonyl (C=O) groups excluding carboxylic acids is 1. The Balaban J connectivity index is 1.28. The molecular formula is C25H31N3O5S. The summed E-state index contributed by atoms with van der Waals surface area (Å²) in [7, 11) is -3.81. The second kappa shape index (κ2) is 9.46. The van der Waals surface area contributed by atoms with E-state index in [1.165, 1.54) is 12.1 Å². The number of benzene rings is 2. The first-order chi connectivity index (χ1) is 16.4. The van der Waals surface area contributed by atoms with E-state index in [2.05, 4.69) is 21.4 Å². The van der Waals surface area contributed by atoms with E-state index in [0.29, 0.717) is 42.0 Å². The van der Waals surface area contributed by atoms with Gasteiger partial charge < -0.3 is 19.3 Å². The van der Waals surface area contributed by atoms with E-state index in [-0.39, 0.29) is 16.8 Å². The number of sulfonamides is 1. The Kier molecular flexibility index (Phi) is 6.40. The quantitative estimate of drug-likeness (QED) is 0.647. The van der Waals surface area contributed by atoms with Crippen LogP contribution in [0.2, 0.25) is 0 Å². The Hall–Kier alpha value is -2.78. The molecule has 1 N–H and O–H groups in total. The smallest absolute Gasteiger partial charge is 0.262 e. The lowest BCUT2D eigenvalue weighted by atomic mass is 10.0. The molecule has 0 radical (unpaired) electrons. The Labute approximate surface area is 200 Å². The summed E-state index contributed by atoms with van der Waals surface area (Å²) in [5.74, 6) is 0.993. The van der Waals surface area contributed by atoms with Gasteiger partial charge in [0.05, 0.1) is 4.90 Å². The number of nitrogens with zero attached hydrogens (tertiary/aromatic N) is 2. The number of fused-ring (bicyclic) bond motifs is 1. The van der Waals surface area contributed by atoms with Gasteiger partial charge in [-0.05, 0) is 68.6 Å². The van der Waals surface area contributed by atoms with Gasteiger partial charge >= 0.3 is 0 Å². The predicted octanol–water partition coefficient (Wildman–Crippen LogP) is 3.35. The van der Waals surface area contributed by atoms with Crippen molar-refractivity contribution in [3.63, 3.8) is 0 Å². The highest BCUT2D eigenvalue weighted by molar-refractivity contribution is 7.92. The van der Waals surface area contributed by atoms with Gasteiger partial charge in [-0.3, -0.25) is 9.52 Å². The summed E-state index contributed by atoms with van der Waals surface area (Å²) in [5, 5.41) is 0. The first-order valence-electron chi connectivity index (χ1n) is 12.0. The maximum atomic E-state index is 13.4. The third-order valence-electron chi connectivity index (χ3n) is 6.78. The van der Waals surface area contributed by atoms with Crippen LogP contribution in [0.5, 0.6) is 11.5 Å². The van der Waals surface area contributed by atoms with E-state index in [0.717, 1.165) is 45.3 Å². The fourth-order valence-electron chi connectivity index (χ4n) is 4.73. The number of amides is 1. The highest BCUT2D eigenvalue weighted by Gasteiger charge is 2.38. The van der Waals surface area contributed by atoms with Crippen LogP contribution in [0, 0.1) is 0 Å². The summed E-state index contributed by atoms with van der Waals surface area (Å²) in [6.07, 6.45) is 4.13. The number of nitrogens with one attached hydrogen (secondary N) is 1. The molecule has 2 fully saturated rings. The average molecular weight is 486 g/mol. The van der Waals surface area contributed by atoms with Gasteiger partial charge in [-0.2, -0.15) is 0 Å². The molecule has 0 spiro atoms. The van der Waals surface area contributed by atoms with Crippen molar-refractivity contribution in [1.82, 2.24) is 9.80 Å². The molecule has 2 aliphatic heterocycles. The van der Waals surface area contributed by atoms with Crippen molar-refractivity contribution < 1.29 is 22.7 Å². The Morgan fingerprint density at radius 1 is 0.971 bits per heavy atom. The second-order valence-corrected chi connectivity index (χ2v) is 10.8. The zero-order chi connectivity index (χ0) is 23.7. The molecular weight excluding hydrogens is 454 g/mol. The maximum absolute atomic E-state index is 13.4. The van der Waals surface area contributed by atoms with E-state index >= 15 is 0 Å². The van der Waals surface area contributed by atoms with Crippen molar-refractivity contribution in [2.45, 2.75) is 49.6 Å². The molecule has 0 atom stereocenters. The van der Waals surface area contributed by atoms with Gasteiger partial charge in [0.2, 0.25) is 0 Å². The highest BCUT2D eigenvalue weighted by atomic mass is 32.2. The molecule has 2 heterocycles. The summed E-state index contributed by atoms with van der Waals surface area (Å²) < 4.78 is 39.3. The second-order valence-electron chi connectivity index (χ2n) is 9.10. The van der Waals surface area contributed by atoms with Gasteiger partial charge in [0.1, 0.15) is 13.2 Å². The molecule has 1 amide bonds. The molecule has 0 unspecified atom stereocenters. The summed E-state index contributed by atoms with van der Waals surface area (Å²) >= 11 is 0. The highest BCUT2D eigenvalue weighted by Crippen LogP contribution is 2.34. The molecule has 1 saturated heterocycles. The normalized spacial score (nSPS) is 19.0. The van der Waals surface area contributed by atoms with Crippen LogP contribution in [-0.2, 0) is 10.0 Å². The van der Waals surface area contributed by atoms with Crippen LogP contribution in [0.4, 0.5) is 5.69 Å². The third-order valence-corrected chi connectivity index (χ3v) is 8.16. The summed E-state index contributed by atoms with van der Waals surface area (Å²) in [5.41, 5.74) is 0.993. The topological polar surface area (TPSA) is 88.2 Å². The number of anilines is 1. The minimum absolute atomic E-state index is 0.0405. The van der Waals surface area contributed by atoms with Crippen molar-refractivity contribution >= 4 is 21.6 Å². The zero-order valence-corrected chi connectivity index (χ0v) is 20.2. The summed E-state index contributed by atoms with van der Waals surface area (Å²) in [6, 6.07) is 11.9. The molecule has 2 aromatic carbocycles. The minimum atomic E-state index is -3.81. The van der Waals surface area contributed by atoms with Crippen molar-refractivity contribution in [2.75, 3.05) is 37.6 Å². The van der Waals surface area contributed by atoms with Gasteiger partial charge in [0.15, 0.2) is 11.5 Å². The van der Waals surface area contributed by atoms with Crippen LogP contribution in [-0.4, -0.2) is 69.1 Å². The third kappa shape index (κ3) is 4.86. The first kappa shape index (κ1) is 23.0. The Bertz CT molecular complexity index is 1140. The molecule has 5 rings (SSSR count). The van der Waals surface area contributed by atoms with Crippen LogP contribution >= 0.6 is 0 Å². The molecule has 1 saturated carbocycles. The van der Waals surface area contributed by atoms with Gasteiger partial charge in [-0.25, -0.2) is 8.42 Å². The largest absolute Gasteiger partial charge is 0.486 e. The van der Waals surface area contributed by atoms with E-state index in [1.807, 2.05) is 0 Å². The molecule has 2 aromatic rings. The van der Waals surface area contributed by atoms with E-state index in [4.69, 9.17) is 9.47 Å². The van der Waals surface area contributed by atoms with E-state index < -0.39 is 10.0 Å². The predicted molar refractivity (Wildman–Crippen MR) is 129 cm³/mol.